The van der Waals surface area contributed by atoms with E-state index in [1.807, 2.05) is 0 Å². The SMILES string of the molecule is COC(=O)/C=C(\C)C(=O)C(Cl)=NC(CC=C(C[Si](C)(C)C)C[Si](C)(C)C)CO[Si](C)(C)C(C)(C)C. The molecule has 0 radical (unpaired) electrons. The minimum Gasteiger partial charge on any atom is -0.466 e. The van der Waals surface area contributed by atoms with Crippen molar-refractivity contribution >= 4 is 53.0 Å². The molecule has 0 N–H and O–H groups in total. The molecule has 0 aromatic carbocycles. The molecule has 0 saturated carbocycles. The molecule has 0 bridgehead atoms. The maximum Gasteiger partial charge on any atom is 0.330 e. The first-order valence-corrected chi connectivity index (χ1v) is 23.1. The third-order valence-electron chi connectivity index (χ3n) is 6.01. The summed E-state index contributed by atoms with van der Waals surface area (Å²) in [6, 6.07) is 2.04. The van der Waals surface area contributed by atoms with Gasteiger partial charge in [-0.3, -0.25) is 9.79 Å². The van der Waals surface area contributed by atoms with Gasteiger partial charge in [-0.05, 0) is 43.6 Å². The molecule has 0 rings (SSSR count). The van der Waals surface area contributed by atoms with Crippen molar-refractivity contribution in [1.29, 1.82) is 0 Å². The highest BCUT2D eigenvalue weighted by Crippen LogP contribution is 2.37. The number of carbonyl (C=O) groups is 2. The van der Waals surface area contributed by atoms with Gasteiger partial charge in [-0.2, -0.15) is 0 Å². The van der Waals surface area contributed by atoms with Crippen LogP contribution in [0, 0.1) is 0 Å². The predicted octanol–water partition coefficient (Wildman–Crippen LogP) is 7.70. The van der Waals surface area contributed by atoms with E-state index in [9.17, 15) is 9.59 Å². The van der Waals surface area contributed by atoms with Crippen molar-refractivity contribution < 1.29 is 18.8 Å². The molecule has 0 aromatic rings. The Bertz CT molecular complexity index is 811. The molecule has 1 atom stereocenters. The molecule has 5 nitrogen and oxygen atoms in total. The zero-order chi connectivity index (χ0) is 27.8. The molecule has 0 aliphatic rings. The van der Waals surface area contributed by atoms with E-state index >= 15 is 0 Å². The Labute approximate surface area is 222 Å². The number of carbonyl (C=O) groups excluding carboxylic acids is 2. The van der Waals surface area contributed by atoms with Gasteiger partial charge in [0.1, 0.15) is 0 Å². The van der Waals surface area contributed by atoms with Gasteiger partial charge in [-0.25, -0.2) is 4.79 Å². The normalized spacial score (nSPS) is 15.0. The Morgan fingerprint density at radius 3 is 1.86 bits per heavy atom. The van der Waals surface area contributed by atoms with Crippen LogP contribution in [0.5, 0.6) is 0 Å². The molecule has 9 heteroatoms. The molecule has 0 fully saturated rings. The number of nitrogens with zero attached hydrogens (tertiary/aromatic N) is 1. The van der Waals surface area contributed by atoms with Gasteiger partial charge < -0.3 is 9.16 Å². The lowest BCUT2D eigenvalue weighted by molar-refractivity contribution is -0.135. The van der Waals surface area contributed by atoms with E-state index in [2.05, 4.69) is 89.0 Å². The third kappa shape index (κ3) is 14.5. The first kappa shape index (κ1) is 34.2. The fraction of sp³-hybridized carbons (Fsp3) is 0.731. The van der Waals surface area contributed by atoms with E-state index in [1.54, 1.807) is 0 Å². The van der Waals surface area contributed by atoms with Gasteiger partial charge in [-0.15, -0.1) is 0 Å². The molecule has 0 saturated heterocycles. The highest BCUT2D eigenvalue weighted by atomic mass is 35.5. The first-order valence-electron chi connectivity index (χ1n) is 12.4. The second-order valence-electron chi connectivity index (χ2n) is 13.4. The molecule has 35 heavy (non-hydrogen) atoms. The summed E-state index contributed by atoms with van der Waals surface area (Å²) in [4.78, 5) is 28.9. The smallest absolute Gasteiger partial charge is 0.330 e. The highest BCUT2D eigenvalue weighted by Gasteiger charge is 2.37. The number of methoxy groups -OCH3 is 1. The summed E-state index contributed by atoms with van der Waals surface area (Å²) in [6.07, 6.45) is 4.13. The van der Waals surface area contributed by atoms with Gasteiger partial charge in [0.25, 0.3) is 0 Å². The Morgan fingerprint density at radius 2 is 1.46 bits per heavy atom. The number of ether oxygens (including phenoxy) is 1. The molecule has 0 aromatic heterocycles. The van der Waals surface area contributed by atoms with E-state index in [1.165, 1.54) is 19.6 Å². The van der Waals surface area contributed by atoms with Crippen LogP contribution >= 0.6 is 11.6 Å². The number of allylic oxidation sites excluding steroid dienone is 2. The van der Waals surface area contributed by atoms with E-state index in [-0.39, 0.29) is 21.8 Å². The van der Waals surface area contributed by atoms with Gasteiger partial charge in [0.05, 0.1) is 19.8 Å². The van der Waals surface area contributed by atoms with Crippen LogP contribution in [0.1, 0.15) is 34.1 Å². The van der Waals surface area contributed by atoms with Gasteiger partial charge in [0.2, 0.25) is 5.78 Å². The number of aliphatic imine (C=N–C) groups is 1. The molecule has 0 spiro atoms. The Hall–Kier alpha value is -0.809. The van der Waals surface area contributed by atoms with Crippen LogP contribution in [-0.4, -0.2) is 61.1 Å². The average Bonchev–Trinajstić information content (AvgIpc) is 2.65. The highest BCUT2D eigenvalue weighted by molar-refractivity contribution is 6.85. The molecule has 0 aliphatic carbocycles. The number of hydrogen-bond donors (Lipinski definition) is 0. The largest absolute Gasteiger partial charge is 0.466 e. The topological polar surface area (TPSA) is 65.0 Å². The minimum atomic E-state index is -2.00. The Kier molecular flexibility index (Phi) is 13.3. The van der Waals surface area contributed by atoms with Gasteiger partial charge >= 0.3 is 5.97 Å². The number of esters is 1. The van der Waals surface area contributed by atoms with Crippen molar-refractivity contribution in [2.24, 2.45) is 4.99 Å². The maximum atomic E-state index is 12.7. The summed E-state index contributed by atoms with van der Waals surface area (Å²) < 4.78 is 11.1. The standard InChI is InChI=1S/C26H50ClNO4Si3/c1-20(16-23(29)31-5)24(30)25(27)28-22(17-32-35(12,13)26(2,3)4)15-14-21(18-33(6,7)8)19-34(9,10)11/h14,16,22H,15,17-19H2,1-13H3/b20-16+,28-25?. The minimum absolute atomic E-state index is 0.0669. The zero-order valence-electron chi connectivity index (χ0n) is 24.5. The lowest BCUT2D eigenvalue weighted by atomic mass is 10.1. The summed E-state index contributed by atoms with van der Waals surface area (Å²) in [6.45, 7) is 27.4. The lowest BCUT2D eigenvalue weighted by Gasteiger charge is -2.37. The van der Waals surface area contributed by atoms with Crippen molar-refractivity contribution in [3.63, 3.8) is 0 Å². The van der Waals surface area contributed by atoms with E-state index in [4.69, 9.17) is 16.0 Å². The molecule has 0 aliphatic heterocycles. The number of hydrogen-bond acceptors (Lipinski definition) is 5. The molecule has 1 unspecified atom stereocenters. The predicted molar refractivity (Wildman–Crippen MR) is 160 cm³/mol. The van der Waals surface area contributed by atoms with Crippen molar-refractivity contribution in [2.45, 2.75) is 110 Å². The van der Waals surface area contributed by atoms with Crippen LogP contribution in [0.15, 0.2) is 28.3 Å². The summed E-state index contributed by atoms with van der Waals surface area (Å²) in [7, 11) is -3.31. The van der Waals surface area contributed by atoms with Gasteiger partial charge in [0.15, 0.2) is 13.5 Å². The second kappa shape index (κ2) is 13.7. The number of rotatable bonds is 13. The van der Waals surface area contributed by atoms with Crippen LogP contribution in [0.4, 0.5) is 0 Å². The maximum absolute atomic E-state index is 12.7. The van der Waals surface area contributed by atoms with Crippen LogP contribution < -0.4 is 0 Å². The van der Waals surface area contributed by atoms with Crippen LogP contribution in [0.25, 0.3) is 0 Å². The molecule has 0 heterocycles. The molecular weight excluding hydrogens is 510 g/mol. The Balaban J connectivity index is 6.08. The monoisotopic (exact) mass is 559 g/mol. The summed E-state index contributed by atoms with van der Waals surface area (Å²) in [5, 5.41) is -0.0611. The lowest BCUT2D eigenvalue weighted by Crippen LogP contribution is -2.42. The number of Topliss-reactive ketones (excluding diaryl/α,β-unsaturated/α-hetero) is 1. The van der Waals surface area contributed by atoms with E-state index in [0.717, 1.165) is 18.2 Å². The summed E-state index contributed by atoms with van der Waals surface area (Å²) >= 11 is 6.37. The first-order chi connectivity index (χ1) is 15.6. The zero-order valence-corrected chi connectivity index (χ0v) is 28.3. The van der Waals surface area contributed by atoms with Gasteiger partial charge in [-0.1, -0.05) is 83.3 Å². The van der Waals surface area contributed by atoms with Crippen LogP contribution in [-0.2, 0) is 18.8 Å². The second-order valence-corrected chi connectivity index (χ2v) is 29.5. The number of ketones is 1. The van der Waals surface area contributed by atoms with E-state index in [0.29, 0.717) is 13.0 Å². The van der Waals surface area contributed by atoms with Gasteiger partial charge in [0, 0.05) is 27.8 Å². The number of halogens is 1. The van der Waals surface area contributed by atoms with E-state index < -0.39 is 36.2 Å². The third-order valence-corrected chi connectivity index (χ3v) is 13.8. The fourth-order valence-corrected chi connectivity index (χ4v) is 8.08. The molecular formula is C26H50ClNO4Si3. The summed E-state index contributed by atoms with van der Waals surface area (Å²) in [5.74, 6) is -1.06. The van der Waals surface area contributed by atoms with Crippen molar-refractivity contribution in [3.8, 4) is 0 Å². The van der Waals surface area contributed by atoms with Crippen LogP contribution in [0.2, 0.25) is 69.5 Å². The quantitative estimate of drug-likeness (QED) is 0.0762. The average molecular weight is 560 g/mol. The van der Waals surface area contributed by atoms with Crippen molar-refractivity contribution in [1.82, 2.24) is 0 Å². The summed E-state index contributed by atoms with van der Waals surface area (Å²) in [5.41, 5.74) is 1.70. The van der Waals surface area contributed by atoms with Crippen molar-refractivity contribution in [3.05, 3.63) is 23.3 Å². The fourth-order valence-electron chi connectivity index (χ4n) is 3.23. The molecule has 202 valence electrons. The van der Waals surface area contributed by atoms with Crippen LogP contribution in [0.3, 0.4) is 0 Å². The molecule has 0 amide bonds. The Morgan fingerprint density at radius 1 is 0.971 bits per heavy atom. The van der Waals surface area contributed by atoms with Crippen molar-refractivity contribution in [2.75, 3.05) is 13.7 Å².